The van der Waals surface area contributed by atoms with Crippen LogP contribution in [0.4, 0.5) is 13.2 Å². The van der Waals surface area contributed by atoms with Gasteiger partial charge in [0.1, 0.15) is 18.1 Å². The Bertz CT molecular complexity index is 865. The molecule has 0 radical (unpaired) electrons. The lowest BCUT2D eigenvalue weighted by Crippen LogP contribution is -2.17. The van der Waals surface area contributed by atoms with Crippen molar-refractivity contribution >= 4 is 0 Å². The fourth-order valence-electron chi connectivity index (χ4n) is 2.65. The monoisotopic (exact) mass is 387 g/mol. The second kappa shape index (κ2) is 9.28. The maximum Gasteiger partial charge on any atom is 0.573 e. The summed E-state index contributed by atoms with van der Waals surface area (Å²) in [6, 6.07) is 23.6. The van der Waals surface area contributed by atoms with E-state index in [1.807, 2.05) is 54.6 Å². The largest absolute Gasteiger partial charge is 0.573 e. The van der Waals surface area contributed by atoms with E-state index >= 15 is 0 Å². The summed E-state index contributed by atoms with van der Waals surface area (Å²) in [7, 11) is 0. The smallest absolute Gasteiger partial charge is 0.489 e. The molecule has 0 spiro atoms. The molecule has 0 atom stereocenters. The molecule has 3 aromatic carbocycles. The summed E-state index contributed by atoms with van der Waals surface area (Å²) in [6.45, 7) is 1.65. The molecule has 28 heavy (non-hydrogen) atoms. The summed E-state index contributed by atoms with van der Waals surface area (Å²) in [5, 5.41) is 3.27. The van der Waals surface area contributed by atoms with Crippen molar-refractivity contribution in [2.75, 3.05) is 0 Å². The molecule has 0 aliphatic rings. The number of ether oxygens (including phenoxy) is 2. The molecule has 0 aliphatic heterocycles. The van der Waals surface area contributed by atoms with Crippen molar-refractivity contribution in [2.24, 2.45) is 0 Å². The molecule has 3 rings (SSSR count). The number of benzene rings is 3. The topological polar surface area (TPSA) is 30.5 Å². The zero-order valence-electron chi connectivity index (χ0n) is 15.1. The predicted octanol–water partition coefficient (Wildman–Crippen LogP) is 5.45. The van der Waals surface area contributed by atoms with Gasteiger partial charge in [0.15, 0.2) is 0 Å². The Hall–Kier alpha value is -2.99. The van der Waals surface area contributed by atoms with Gasteiger partial charge in [-0.05, 0) is 41.0 Å². The third-order valence-electron chi connectivity index (χ3n) is 3.96. The third kappa shape index (κ3) is 6.63. The molecular weight excluding hydrogens is 367 g/mol. The van der Waals surface area contributed by atoms with Gasteiger partial charge in [-0.1, -0.05) is 54.6 Å². The van der Waals surface area contributed by atoms with Crippen molar-refractivity contribution in [3.8, 4) is 11.5 Å². The molecule has 146 valence electrons. The quantitative estimate of drug-likeness (QED) is 0.557. The van der Waals surface area contributed by atoms with Gasteiger partial charge < -0.3 is 14.8 Å². The van der Waals surface area contributed by atoms with Crippen LogP contribution in [0.5, 0.6) is 11.5 Å². The van der Waals surface area contributed by atoms with E-state index in [1.165, 1.54) is 12.1 Å². The van der Waals surface area contributed by atoms with Crippen LogP contribution in [0.15, 0.2) is 78.9 Å². The van der Waals surface area contributed by atoms with Crippen molar-refractivity contribution < 1.29 is 22.6 Å². The molecule has 0 aromatic heterocycles. The van der Waals surface area contributed by atoms with Crippen molar-refractivity contribution in [2.45, 2.75) is 26.1 Å². The van der Waals surface area contributed by atoms with Crippen LogP contribution < -0.4 is 14.8 Å². The maximum absolute atomic E-state index is 12.2. The standard InChI is InChI=1S/C22H20F3NO2/c23-22(24,25)28-20-11-9-17(10-12-20)14-26-15-19-7-4-8-21(13-19)27-16-18-5-2-1-3-6-18/h1-13,26H,14-16H2. The highest BCUT2D eigenvalue weighted by atomic mass is 19.4. The number of halogens is 3. The summed E-state index contributed by atoms with van der Waals surface area (Å²) in [5.41, 5.74) is 3.03. The van der Waals surface area contributed by atoms with Gasteiger partial charge in [-0.3, -0.25) is 0 Å². The summed E-state index contributed by atoms with van der Waals surface area (Å²) in [6.07, 6.45) is -4.67. The highest BCUT2D eigenvalue weighted by Crippen LogP contribution is 2.22. The van der Waals surface area contributed by atoms with Crippen LogP contribution in [-0.2, 0) is 19.7 Å². The molecule has 1 N–H and O–H groups in total. The van der Waals surface area contributed by atoms with Crippen LogP contribution in [-0.4, -0.2) is 6.36 Å². The van der Waals surface area contributed by atoms with Crippen LogP contribution in [0.1, 0.15) is 16.7 Å². The van der Waals surface area contributed by atoms with Gasteiger partial charge in [-0.2, -0.15) is 0 Å². The SMILES string of the molecule is FC(F)(F)Oc1ccc(CNCc2cccc(OCc3ccccc3)c2)cc1. The Morgan fingerprint density at radius 2 is 1.36 bits per heavy atom. The third-order valence-corrected chi connectivity index (χ3v) is 3.96. The molecule has 0 fully saturated rings. The normalized spacial score (nSPS) is 11.2. The molecule has 6 heteroatoms. The Morgan fingerprint density at radius 1 is 0.679 bits per heavy atom. The summed E-state index contributed by atoms with van der Waals surface area (Å²) in [4.78, 5) is 0. The highest BCUT2D eigenvalue weighted by molar-refractivity contribution is 5.30. The predicted molar refractivity (Wildman–Crippen MR) is 101 cm³/mol. The Kier molecular flexibility index (Phi) is 6.55. The van der Waals surface area contributed by atoms with Gasteiger partial charge >= 0.3 is 6.36 Å². The summed E-state index contributed by atoms with van der Waals surface area (Å²) >= 11 is 0. The Morgan fingerprint density at radius 3 is 2.07 bits per heavy atom. The number of rotatable bonds is 8. The van der Waals surface area contributed by atoms with Gasteiger partial charge in [-0.25, -0.2) is 0 Å². The van der Waals surface area contributed by atoms with Crippen LogP contribution in [0.3, 0.4) is 0 Å². The minimum Gasteiger partial charge on any atom is -0.489 e. The number of hydrogen-bond donors (Lipinski definition) is 1. The van der Waals surface area contributed by atoms with E-state index in [9.17, 15) is 13.2 Å². The average molecular weight is 387 g/mol. The molecule has 0 bridgehead atoms. The maximum atomic E-state index is 12.2. The first-order valence-electron chi connectivity index (χ1n) is 8.79. The molecule has 0 heterocycles. The van der Waals surface area contributed by atoms with Crippen LogP contribution in [0.25, 0.3) is 0 Å². The van der Waals surface area contributed by atoms with Crippen molar-refractivity contribution in [3.05, 3.63) is 95.6 Å². The van der Waals surface area contributed by atoms with E-state index in [4.69, 9.17) is 4.74 Å². The minimum absolute atomic E-state index is 0.223. The fraction of sp³-hybridized carbons (Fsp3) is 0.182. The first-order chi connectivity index (χ1) is 13.5. The molecule has 3 aromatic rings. The Labute approximate surface area is 161 Å². The van der Waals surface area contributed by atoms with Gasteiger partial charge in [0, 0.05) is 13.1 Å². The second-order valence-electron chi connectivity index (χ2n) is 6.22. The molecular formula is C22H20F3NO2. The van der Waals surface area contributed by atoms with Crippen LogP contribution in [0, 0.1) is 0 Å². The molecule has 0 amide bonds. The molecule has 0 aliphatic carbocycles. The Balaban J connectivity index is 1.47. The average Bonchev–Trinajstić information content (AvgIpc) is 2.68. The van der Waals surface area contributed by atoms with Crippen molar-refractivity contribution in [1.29, 1.82) is 0 Å². The van der Waals surface area contributed by atoms with E-state index in [0.717, 1.165) is 22.4 Å². The lowest BCUT2D eigenvalue weighted by molar-refractivity contribution is -0.274. The first-order valence-corrected chi connectivity index (χ1v) is 8.79. The second-order valence-corrected chi connectivity index (χ2v) is 6.22. The fourth-order valence-corrected chi connectivity index (χ4v) is 2.65. The van der Waals surface area contributed by atoms with Crippen LogP contribution in [0.2, 0.25) is 0 Å². The molecule has 0 unspecified atom stereocenters. The number of hydrogen-bond acceptors (Lipinski definition) is 3. The molecule has 3 nitrogen and oxygen atoms in total. The first kappa shape index (κ1) is 19.8. The lowest BCUT2D eigenvalue weighted by Gasteiger charge is -2.10. The zero-order valence-corrected chi connectivity index (χ0v) is 15.1. The van der Waals surface area contributed by atoms with Gasteiger partial charge in [0.25, 0.3) is 0 Å². The summed E-state index contributed by atoms with van der Waals surface area (Å²) < 4.78 is 46.2. The molecule has 0 saturated heterocycles. The number of nitrogens with one attached hydrogen (secondary N) is 1. The molecule has 0 saturated carbocycles. The van der Waals surface area contributed by atoms with Crippen LogP contribution >= 0.6 is 0 Å². The van der Waals surface area contributed by atoms with Gasteiger partial charge in [0.2, 0.25) is 0 Å². The lowest BCUT2D eigenvalue weighted by atomic mass is 10.2. The zero-order chi connectivity index (χ0) is 19.8. The van der Waals surface area contributed by atoms with Crippen molar-refractivity contribution in [3.63, 3.8) is 0 Å². The van der Waals surface area contributed by atoms with E-state index in [0.29, 0.717) is 19.7 Å². The van der Waals surface area contributed by atoms with Gasteiger partial charge in [-0.15, -0.1) is 13.2 Å². The summed E-state index contributed by atoms with van der Waals surface area (Å²) in [5.74, 6) is 0.566. The minimum atomic E-state index is -4.67. The van der Waals surface area contributed by atoms with E-state index in [1.54, 1.807) is 12.1 Å². The number of alkyl halides is 3. The highest BCUT2D eigenvalue weighted by Gasteiger charge is 2.30. The van der Waals surface area contributed by atoms with E-state index in [-0.39, 0.29) is 5.75 Å². The van der Waals surface area contributed by atoms with Gasteiger partial charge in [0.05, 0.1) is 0 Å². The van der Waals surface area contributed by atoms with E-state index in [2.05, 4.69) is 10.1 Å². The van der Waals surface area contributed by atoms with Crippen molar-refractivity contribution in [1.82, 2.24) is 5.32 Å². The van der Waals surface area contributed by atoms with E-state index < -0.39 is 6.36 Å².